The number of ether oxygens (including phenoxy) is 1. The zero-order valence-corrected chi connectivity index (χ0v) is 21.6. The van der Waals surface area contributed by atoms with E-state index in [0.29, 0.717) is 28.9 Å². The summed E-state index contributed by atoms with van der Waals surface area (Å²) in [5.74, 6) is -1.87. The number of allylic oxidation sites excluding steroid dienone is 1. The van der Waals surface area contributed by atoms with Crippen LogP contribution in [-0.2, 0) is 27.3 Å². The van der Waals surface area contributed by atoms with Gasteiger partial charge in [-0.1, -0.05) is 54.6 Å². The van der Waals surface area contributed by atoms with Gasteiger partial charge in [-0.2, -0.15) is 0 Å². The first-order chi connectivity index (χ1) is 18.4. The van der Waals surface area contributed by atoms with Gasteiger partial charge >= 0.3 is 5.97 Å². The largest absolute Gasteiger partial charge is 0.463 e. The van der Waals surface area contributed by atoms with Gasteiger partial charge in [0.1, 0.15) is 5.82 Å². The molecular weight excluding hydrogens is 483 g/mol. The number of hydrogen-bond acceptors (Lipinski definition) is 4. The molecule has 196 valence electrons. The van der Waals surface area contributed by atoms with E-state index in [9.17, 15) is 18.8 Å². The molecule has 0 spiro atoms. The normalized spacial score (nSPS) is 15.4. The van der Waals surface area contributed by atoms with E-state index in [1.807, 2.05) is 30.3 Å². The van der Waals surface area contributed by atoms with Crippen molar-refractivity contribution in [1.82, 2.24) is 10.2 Å². The number of amides is 2. The summed E-state index contributed by atoms with van der Waals surface area (Å²) in [6.07, 6.45) is 0.767. The van der Waals surface area contributed by atoms with Crippen LogP contribution in [0.25, 0.3) is 0 Å². The predicted octanol–water partition coefficient (Wildman–Crippen LogP) is 5.15. The molecule has 1 heterocycles. The van der Waals surface area contributed by atoms with Crippen LogP contribution in [-0.4, -0.2) is 35.8 Å². The second kappa shape index (κ2) is 12.3. The van der Waals surface area contributed by atoms with Crippen molar-refractivity contribution in [2.45, 2.75) is 39.2 Å². The molecule has 1 unspecified atom stereocenters. The number of nitrogens with one attached hydrogen (secondary N) is 1. The number of carbonyl (C=O) groups is 3. The molecule has 3 aromatic carbocycles. The maximum absolute atomic E-state index is 13.9. The molecule has 1 atom stereocenters. The lowest BCUT2D eigenvalue weighted by atomic mass is 9.83. The molecule has 4 rings (SSSR count). The zero-order chi connectivity index (χ0) is 27.1. The van der Waals surface area contributed by atoms with Crippen LogP contribution in [0.15, 0.2) is 90.1 Å². The van der Waals surface area contributed by atoms with Gasteiger partial charge in [-0.3, -0.25) is 9.59 Å². The first-order valence-corrected chi connectivity index (χ1v) is 12.7. The summed E-state index contributed by atoms with van der Waals surface area (Å²) in [5, 5.41) is 2.93. The van der Waals surface area contributed by atoms with E-state index in [-0.39, 0.29) is 31.4 Å². The number of benzene rings is 3. The second-order valence-electron chi connectivity index (χ2n) is 9.20. The fourth-order valence-corrected chi connectivity index (χ4v) is 4.70. The molecule has 2 amide bonds. The smallest absolute Gasteiger partial charge is 0.336 e. The Kier molecular flexibility index (Phi) is 8.69. The second-order valence-corrected chi connectivity index (χ2v) is 9.20. The van der Waals surface area contributed by atoms with Crippen LogP contribution in [0.5, 0.6) is 0 Å². The number of nitrogens with zero attached hydrogens (tertiary/aromatic N) is 1. The Bertz CT molecular complexity index is 1340. The number of esters is 1. The molecule has 0 fully saturated rings. The van der Waals surface area contributed by atoms with Crippen LogP contribution >= 0.6 is 0 Å². The average Bonchev–Trinajstić information content (AvgIpc) is 2.91. The molecule has 0 saturated carbocycles. The molecule has 0 aliphatic carbocycles. The van der Waals surface area contributed by atoms with Crippen molar-refractivity contribution in [3.63, 3.8) is 0 Å². The summed E-state index contributed by atoms with van der Waals surface area (Å²) >= 11 is 0. The molecule has 0 bridgehead atoms. The third-order valence-electron chi connectivity index (χ3n) is 6.67. The van der Waals surface area contributed by atoms with Crippen molar-refractivity contribution in [2.75, 3.05) is 13.2 Å². The standard InChI is InChI=1S/C31H31FN2O4/c1-3-38-31(37)29-21(2)34(28(35)19-27(29)25-10-7-11-26(32)18-25)20-23-12-14-24(15-13-23)30(36)33-17-16-22-8-5-4-6-9-22/h4-15,18,27H,3,16-17,19-20H2,1-2H3,(H,33,36). The molecule has 0 radical (unpaired) electrons. The average molecular weight is 515 g/mol. The Labute approximate surface area is 222 Å². The molecular formula is C31H31FN2O4. The molecule has 3 aromatic rings. The van der Waals surface area contributed by atoms with E-state index in [1.54, 1.807) is 55.1 Å². The number of hydrogen-bond donors (Lipinski definition) is 1. The van der Waals surface area contributed by atoms with Gasteiger partial charge in [-0.25, -0.2) is 9.18 Å². The van der Waals surface area contributed by atoms with Crippen LogP contribution in [0, 0.1) is 5.82 Å². The van der Waals surface area contributed by atoms with Gasteiger partial charge in [0.15, 0.2) is 0 Å². The van der Waals surface area contributed by atoms with Crippen LogP contribution in [0.3, 0.4) is 0 Å². The monoisotopic (exact) mass is 514 g/mol. The van der Waals surface area contributed by atoms with E-state index in [4.69, 9.17) is 4.74 Å². The van der Waals surface area contributed by atoms with E-state index in [1.165, 1.54) is 12.1 Å². The minimum Gasteiger partial charge on any atom is -0.463 e. The Hall–Kier alpha value is -4.26. The highest BCUT2D eigenvalue weighted by molar-refractivity contribution is 5.96. The lowest BCUT2D eigenvalue weighted by Gasteiger charge is -2.34. The lowest BCUT2D eigenvalue weighted by molar-refractivity contribution is -0.140. The van der Waals surface area contributed by atoms with Gasteiger partial charge < -0.3 is 15.0 Å². The molecule has 7 heteroatoms. The maximum atomic E-state index is 13.9. The predicted molar refractivity (Wildman–Crippen MR) is 143 cm³/mol. The van der Waals surface area contributed by atoms with E-state index < -0.39 is 17.7 Å². The Morgan fingerprint density at radius 2 is 1.74 bits per heavy atom. The summed E-state index contributed by atoms with van der Waals surface area (Å²) in [6, 6.07) is 23.0. The summed E-state index contributed by atoms with van der Waals surface area (Å²) < 4.78 is 19.2. The van der Waals surface area contributed by atoms with Crippen LogP contribution in [0.4, 0.5) is 4.39 Å². The Morgan fingerprint density at radius 3 is 2.42 bits per heavy atom. The topological polar surface area (TPSA) is 75.7 Å². The molecule has 1 N–H and O–H groups in total. The highest BCUT2D eigenvalue weighted by atomic mass is 19.1. The molecule has 6 nitrogen and oxygen atoms in total. The van der Waals surface area contributed by atoms with E-state index >= 15 is 0 Å². The van der Waals surface area contributed by atoms with Crippen LogP contribution < -0.4 is 5.32 Å². The van der Waals surface area contributed by atoms with Gasteiger partial charge in [0.25, 0.3) is 5.91 Å². The first kappa shape index (κ1) is 26.8. The van der Waals surface area contributed by atoms with Crippen molar-refractivity contribution in [2.24, 2.45) is 0 Å². The summed E-state index contributed by atoms with van der Waals surface area (Å²) in [5.41, 5.74) is 3.88. The minimum absolute atomic E-state index is 0.0246. The third kappa shape index (κ3) is 6.35. The van der Waals surface area contributed by atoms with Crippen molar-refractivity contribution in [3.05, 3.63) is 118 Å². The summed E-state index contributed by atoms with van der Waals surface area (Å²) in [7, 11) is 0. The quantitative estimate of drug-likeness (QED) is 0.401. The van der Waals surface area contributed by atoms with E-state index in [2.05, 4.69) is 5.32 Å². The summed E-state index contributed by atoms with van der Waals surface area (Å²) in [6.45, 7) is 4.38. The highest BCUT2D eigenvalue weighted by Gasteiger charge is 2.37. The van der Waals surface area contributed by atoms with Gasteiger partial charge in [0.2, 0.25) is 5.91 Å². The Balaban J connectivity index is 1.48. The Morgan fingerprint density at radius 1 is 1.00 bits per heavy atom. The van der Waals surface area contributed by atoms with Crippen molar-refractivity contribution in [3.8, 4) is 0 Å². The van der Waals surface area contributed by atoms with Crippen LogP contribution in [0.2, 0.25) is 0 Å². The number of halogens is 1. The highest BCUT2D eigenvalue weighted by Crippen LogP contribution is 2.38. The fourth-order valence-electron chi connectivity index (χ4n) is 4.70. The zero-order valence-electron chi connectivity index (χ0n) is 21.6. The van der Waals surface area contributed by atoms with Gasteiger partial charge in [-0.15, -0.1) is 0 Å². The van der Waals surface area contributed by atoms with Crippen molar-refractivity contribution in [1.29, 1.82) is 0 Å². The van der Waals surface area contributed by atoms with Gasteiger partial charge in [0.05, 0.1) is 18.7 Å². The van der Waals surface area contributed by atoms with Crippen molar-refractivity contribution < 1.29 is 23.5 Å². The number of carbonyl (C=O) groups excluding carboxylic acids is 3. The van der Waals surface area contributed by atoms with Crippen LogP contribution in [0.1, 0.15) is 53.2 Å². The molecule has 1 aliphatic heterocycles. The van der Waals surface area contributed by atoms with Gasteiger partial charge in [0, 0.05) is 30.1 Å². The first-order valence-electron chi connectivity index (χ1n) is 12.7. The van der Waals surface area contributed by atoms with Gasteiger partial charge in [-0.05, 0) is 61.2 Å². The minimum atomic E-state index is -0.588. The maximum Gasteiger partial charge on any atom is 0.336 e. The third-order valence-corrected chi connectivity index (χ3v) is 6.67. The molecule has 0 saturated heterocycles. The molecule has 0 aromatic heterocycles. The fraction of sp³-hybridized carbons (Fsp3) is 0.258. The lowest BCUT2D eigenvalue weighted by Crippen LogP contribution is -2.38. The van der Waals surface area contributed by atoms with E-state index in [0.717, 1.165) is 17.5 Å². The SMILES string of the molecule is CCOC(=O)C1=C(C)N(Cc2ccc(C(=O)NCCc3ccccc3)cc2)C(=O)CC1c1cccc(F)c1. The molecule has 38 heavy (non-hydrogen) atoms. The number of rotatable bonds is 9. The molecule has 1 aliphatic rings. The summed E-state index contributed by atoms with van der Waals surface area (Å²) in [4.78, 5) is 40.2. The van der Waals surface area contributed by atoms with Crippen molar-refractivity contribution >= 4 is 17.8 Å².